The Morgan fingerprint density at radius 1 is 0.842 bits per heavy atom. The summed E-state index contributed by atoms with van der Waals surface area (Å²) in [5.74, 6) is 3.87. The number of benzene rings is 3. The number of ether oxygens (including phenoxy) is 1. The van der Waals surface area contributed by atoms with E-state index in [4.69, 9.17) is 4.74 Å². The van der Waals surface area contributed by atoms with E-state index in [0.29, 0.717) is 10.7 Å². The Balaban J connectivity index is 1.32. The molecule has 0 amide bonds. The normalized spacial score (nSPS) is 26.7. The first-order chi connectivity index (χ1) is 18.2. The third kappa shape index (κ3) is 4.32. The molecule has 202 valence electrons. The van der Waals surface area contributed by atoms with Gasteiger partial charge >= 0.3 is 0 Å². The lowest BCUT2D eigenvalue weighted by molar-refractivity contribution is 0.427. The average molecular weight is 527 g/mol. The third-order valence-electron chi connectivity index (χ3n) is 9.92. The van der Waals surface area contributed by atoms with E-state index in [0.717, 1.165) is 16.7 Å². The van der Waals surface area contributed by atoms with Gasteiger partial charge in [-0.15, -0.1) is 0 Å². The molecule has 0 N–H and O–H groups in total. The molecule has 38 heavy (non-hydrogen) atoms. The molecule has 0 radical (unpaired) electrons. The van der Waals surface area contributed by atoms with Gasteiger partial charge in [0.15, 0.2) is 0 Å². The van der Waals surface area contributed by atoms with E-state index >= 15 is 0 Å². The molecule has 6 rings (SSSR count). The molecule has 0 bridgehead atoms. The summed E-state index contributed by atoms with van der Waals surface area (Å²) in [7, 11) is -0.804. The van der Waals surface area contributed by atoms with Crippen molar-refractivity contribution in [2.24, 2.45) is 0 Å². The number of aryl methyl sites for hydroxylation is 2. The average Bonchev–Trinajstić information content (AvgIpc) is 3.26. The second-order valence-electron chi connectivity index (χ2n) is 13.3. The van der Waals surface area contributed by atoms with Gasteiger partial charge < -0.3 is 4.74 Å². The van der Waals surface area contributed by atoms with E-state index in [9.17, 15) is 0 Å². The van der Waals surface area contributed by atoms with Crippen molar-refractivity contribution in [2.75, 3.05) is 5.75 Å². The molecule has 2 heterocycles. The summed E-state index contributed by atoms with van der Waals surface area (Å²) >= 11 is 0. The summed E-state index contributed by atoms with van der Waals surface area (Å²) in [5.41, 5.74) is 6.14. The molecule has 3 atom stereocenters. The maximum atomic E-state index is 6.19. The van der Waals surface area contributed by atoms with Crippen LogP contribution in [0.4, 0.5) is 0 Å². The van der Waals surface area contributed by atoms with Gasteiger partial charge in [0, 0.05) is 10.00 Å². The Morgan fingerprint density at radius 2 is 1.55 bits per heavy atom. The van der Waals surface area contributed by atoms with Crippen LogP contribution >= 0.6 is 10.0 Å². The van der Waals surface area contributed by atoms with Crippen LogP contribution in [-0.4, -0.2) is 15.7 Å². The first kappa shape index (κ1) is 26.1. The van der Waals surface area contributed by atoms with E-state index in [1.54, 1.807) is 10.5 Å². The summed E-state index contributed by atoms with van der Waals surface area (Å²) in [5, 5.41) is 0.818. The minimum absolute atomic E-state index is 0.219. The van der Waals surface area contributed by atoms with Gasteiger partial charge in [-0.25, -0.2) is 10.0 Å². The van der Waals surface area contributed by atoms with Crippen molar-refractivity contribution in [3.05, 3.63) is 89.0 Å². The molecule has 2 aliphatic heterocycles. The second kappa shape index (κ2) is 9.77. The maximum absolute atomic E-state index is 6.19. The van der Waals surface area contributed by atoms with Crippen LogP contribution in [0.3, 0.4) is 0 Å². The summed E-state index contributed by atoms with van der Waals surface area (Å²) < 4.78 is 6.75. The Hall–Kier alpha value is -2.19. The topological polar surface area (TPSA) is 9.23 Å². The molecule has 1 saturated carbocycles. The summed E-state index contributed by atoms with van der Waals surface area (Å²) in [4.78, 5) is 1.79. The molecule has 3 aliphatic rings. The molecule has 1 aliphatic carbocycles. The van der Waals surface area contributed by atoms with Gasteiger partial charge in [0.2, 0.25) is 0 Å². The Bertz CT molecular complexity index is 1290. The van der Waals surface area contributed by atoms with Crippen LogP contribution in [0.25, 0.3) is 0 Å². The van der Waals surface area contributed by atoms with Crippen molar-refractivity contribution < 1.29 is 4.74 Å². The van der Waals surface area contributed by atoms with E-state index in [-0.39, 0.29) is 5.41 Å². The highest BCUT2D eigenvalue weighted by atomic mass is 32.3. The third-order valence-corrected chi connectivity index (χ3v) is 15.5. The Kier molecular flexibility index (Phi) is 6.70. The number of fused-ring (bicyclic) bond motifs is 3. The quantitative estimate of drug-likeness (QED) is 0.307. The predicted molar refractivity (Wildman–Crippen MR) is 165 cm³/mol. The molecule has 2 heteroatoms. The lowest BCUT2D eigenvalue weighted by atomic mass is 9.83. The van der Waals surface area contributed by atoms with E-state index < -0.39 is 10.0 Å². The summed E-state index contributed by atoms with van der Waals surface area (Å²) in [6, 6.07) is 25.1. The van der Waals surface area contributed by atoms with Crippen molar-refractivity contribution >= 4 is 10.0 Å². The standard InChI is InChI=1S/C36H46OS/c1-26-12-11-13-32(24-26)37-31-17-14-28(15-18-31)27(2)34-36(21-9-7-6-8-10-22-36)38(34)23-20-29-25-30(35(3,4)5)16-19-33(29)38/h11-19,24-25,27,34H,6-10,20-23H2,1-5H3. The zero-order chi connectivity index (χ0) is 26.5. The van der Waals surface area contributed by atoms with Crippen LogP contribution in [0.1, 0.15) is 101 Å². The molecular weight excluding hydrogens is 480 g/mol. The van der Waals surface area contributed by atoms with Gasteiger partial charge in [-0.05, 0) is 101 Å². The smallest absolute Gasteiger partial charge is 0.127 e. The van der Waals surface area contributed by atoms with Gasteiger partial charge in [0.25, 0.3) is 0 Å². The van der Waals surface area contributed by atoms with Crippen LogP contribution in [-0.2, 0) is 11.8 Å². The van der Waals surface area contributed by atoms with Crippen molar-refractivity contribution in [1.29, 1.82) is 0 Å². The van der Waals surface area contributed by atoms with Crippen molar-refractivity contribution in [3.8, 4) is 11.5 Å². The van der Waals surface area contributed by atoms with Crippen molar-refractivity contribution in [2.45, 2.75) is 112 Å². The molecule has 3 aromatic carbocycles. The van der Waals surface area contributed by atoms with Gasteiger partial charge in [-0.3, -0.25) is 0 Å². The van der Waals surface area contributed by atoms with E-state index in [1.165, 1.54) is 73.8 Å². The van der Waals surface area contributed by atoms with E-state index in [2.05, 4.69) is 95.3 Å². The van der Waals surface area contributed by atoms with Crippen LogP contribution in [0.5, 0.6) is 11.5 Å². The lowest BCUT2D eigenvalue weighted by Gasteiger charge is -2.29. The predicted octanol–water partition coefficient (Wildman–Crippen LogP) is 10.5. The largest absolute Gasteiger partial charge is 0.457 e. The summed E-state index contributed by atoms with van der Waals surface area (Å²) in [6.07, 6.45) is 11.3. The number of hydrogen-bond acceptors (Lipinski definition) is 1. The number of rotatable bonds is 4. The molecule has 1 saturated heterocycles. The number of hydrogen-bond donors (Lipinski definition) is 0. The highest BCUT2D eigenvalue weighted by molar-refractivity contribution is 8.41. The first-order valence-electron chi connectivity index (χ1n) is 15.0. The van der Waals surface area contributed by atoms with Crippen molar-refractivity contribution in [3.63, 3.8) is 0 Å². The molecule has 2 spiro atoms. The van der Waals surface area contributed by atoms with Gasteiger partial charge in [0.05, 0.1) is 0 Å². The fourth-order valence-corrected chi connectivity index (χ4v) is 14.9. The zero-order valence-corrected chi connectivity index (χ0v) is 25.0. The van der Waals surface area contributed by atoms with Gasteiger partial charge in [0.1, 0.15) is 11.5 Å². The molecule has 0 aromatic heterocycles. The zero-order valence-electron chi connectivity index (χ0n) is 24.2. The summed E-state index contributed by atoms with van der Waals surface area (Å²) in [6.45, 7) is 11.7. The Morgan fingerprint density at radius 3 is 2.24 bits per heavy atom. The monoisotopic (exact) mass is 526 g/mol. The van der Waals surface area contributed by atoms with Crippen LogP contribution < -0.4 is 4.74 Å². The van der Waals surface area contributed by atoms with Crippen LogP contribution in [0.15, 0.2) is 71.6 Å². The van der Waals surface area contributed by atoms with Crippen molar-refractivity contribution in [1.82, 2.24) is 0 Å². The maximum Gasteiger partial charge on any atom is 0.127 e. The lowest BCUT2D eigenvalue weighted by Crippen LogP contribution is -2.20. The highest BCUT2D eigenvalue weighted by Crippen LogP contribution is 2.93. The van der Waals surface area contributed by atoms with Gasteiger partial charge in [-0.2, -0.15) is 0 Å². The fraction of sp³-hybridized carbons (Fsp3) is 0.500. The SMILES string of the molecule is Cc1cccc(Oc2ccc(C(C)C3C4(CCCCCCC4)S34CCc3cc(C(C)(C)C)ccc34)cc2)c1. The van der Waals surface area contributed by atoms with Gasteiger partial charge in [-0.1, -0.05) is 96.2 Å². The molecular formula is C36H46OS. The van der Waals surface area contributed by atoms with Crippen LogP contribution in [0.2, 0.25) is 0 Å². The molecule has 3 aromatic rings. The Labute approximate surface area is 232 Å². The molecule has 1 nitrogen and oxygen atoms in total. The highest BCUT2D eigenvalue weighted by Gasteiger charge is 2.74. The molecule has 2 fully saturated rings. The fourth-order valence-electron chi connectivity index (χ4n) is 8.01. The first-order valence-corrected chi connectivity index (χ1v) is 16.9. The minimum atomic E-state index is -0.804. The molecule has 3 unspecified atom stereocenters. The second-order valence-corrected chi connectivity index (χ2v) is 17.1. The van der Waals surface area contributed by atoms with Crippen LogP contribution in [0, 0.1) is 6.92 Å². The van der Waals surface area contributed by atoms with E-state index in [1.807, 2.05) is 6.07 Å². The minimum Gasteiger partial charge on any atom is -0.457 e.